The maximum atomic E-state index is 2.74. The molecule has 1 saturated carbocycles. The molecule has 0 N–H and O–H groups in total. The fourth-order valence-corrected chi connectivity index (χ4v) is 12.8. The second-order valence-electron chi connectivity index (χ2n) is 22.4. The van der Waals surface area contributed by atoms with E-state index in [0.29, 0.717) is 0 Å². The molecule has 0 saturated heterocycles. The predicted molar refractivity (Wildman–Crippen MR) is 273 cm³/mol. The Morgan fingerprint density at radius 2 is 1.06 bits per heavy atom. The number of hydrogen-bond acceptors (Lipinski definition) is 3. The summed E-state index contributed by atoms with van der Waals surface area (Å²) >= 11 is 0. The van der Waals surface area contributed by atoms with Gasteiger partial charge in [-0.25, -0.2) is 0 Å². The van der Waals surface area contributed by atoms with Crippen LogP contribution < -0.4 is 31.1 Å². The van der Waals surface area contributed by atoms with Gasteiger partial charge in [-0.15, -0.1) is 0 Å². The zero-order valence-corrected chi connectivity index (χ0v) is 39.2. The van der Waals surface area contributed by atoms with Crippen molar-refractivity contribution in [2.45, 2.75) is 115 Å². The van der Waals surface area contributed by atoms with E-state index >= 15 is 0 Å². The number of hydrogen-bond donors (Lipinski definition) is 0. The van der Waals surface area contributed by atoms with Gasteiger partial charge in [0.15, 0.2) is 0 Å². The molecular formula is C60H60BN3. The zero-order chi connectivity index (χ0) is 44.1. The smallest absolute Gasteiger partial charge is 0.252 e. The van der Waals surface area contributed by atoms with Crippen LogP contribution in [0.5, 0.6) is 0 Å². The molecule has 64 heavy (non-hydrogen) atoms. The van der Waals surface area contributed by atoms with E-state index in [9.17, 15) is 0 Å². The number of fused-ring (bicyclic) bond motifs is 8. The highest BCUT2D eigenvalue weighted by Gasteiger charge is 2.63. The molecule has 0 radical (unpaired) electrons. The highest BCUT2D eigenvalue weighted by molar-refractivity contribution is 7.00. The summed E-state index contributed by atoms with van der Waals surface area (Å²) < 4.78 is 0. The monoisotopic (exact) mass is 833 g/mol. The van der Waals surface area contributed by atoms with Crippen molar-refractivity contribution in [1.82, 2.24) is 0 Å². The molecule has 2 aliphatic carbocycles. The summed E-state index contributed by atoms with van der Waals surface area (Å²) in [6, 6.07) is 58.6. The van der Waals surface area contributed by atoms with Crippen molar-refractivity contribution in [2.75, 3.05) is 14.7 Å². The lowest BCUT2D eigenvalue weighted by Crippen LogP contribution is -2.62. The van der Waals surface area contributed by atoms with Crippen molar-refractivity contribution >= 4 is 68.6 Å². The van der Waals surface area contributed by atoms with Crippen LogP contribution in [0.2, 0.25) is 0 Å². The Labute approximate surface area is 381 Å². The third-order valence-corrected chi connectivity index (χ3v) is 16.9. The lowest BCUT2D eigenvalue weighted by molar-refractivity contribution is 0.133. The lowest BCUT2D eigenvalue weighted by atomic mass is 9.33. The van der Waals surface area contributed by atoms with Crippen molar-refractivity contribution in [1.29, 1.82) is 0 Å². The van der Waals surface area contributed by atoms with Crippen molar-refractivity contribution in [3.05, 3.63) is 174 Å². The minimum absolute atomic E-state index is 0.0192. The minimum Gasteiger partial charge on any atom is -0.334 e. The van der Waals surface area contributed by atoms with Crippen LogP contribution in [-0.2, 0) is 21.7 Å². The molecule has 0 bridgehead atoms. The molecule has 7 aromatic carbocycles. The van der Waals surface area contributed by atoms with E-state index in [2.05, 4.69) is 229 Å². The first-order valence-corrected chi connectivity index (χ1v) is 23.8. The molecule has 0 amide bonds. The SMILES string of the molecule is CC(C)(C)c1ccc(N2c3cc4c(cc3B3c5ccccc5N(c5ccccc5)c5cc(N6c7ccccc7C7(C)CCC67C)cc2c53)C(C)(C)CCC4(C)C)c(-c2ccccc2)c1. The third-order valence-electron chi connectivity index (χ3n) is 16.9. The fourth-order valence-electron chi connectivity index (χ4n) is 12.8. The van der Waals surface area contributed by atoms with Crippen molar-refractivity contribution < 1.29 is 0 Å². The fraction of sp³-hybridized carbons (Fsp3) is 0.300. The third kappa shape index (κ3) is 5.35. The zero-order valence-electron chi connectivity index (χ0n) is 39.2. The van der Waals surface area contributed by atoms with Crippen molar-refractivity contribution in [3.8, 4) is 11.1 Å². The number of nitrogens with zero attached hydrogens (tertiary/aromatic N) is 3. The summed E-state index contributed by atoms with van der Waals surface area (Å²) in [4.78, 5) is 8.03. The summed E-state index contributed by atoms with van der Waals surface area (Å²) in [6.45, 7) is 22.0. The molecule has 2 atom stereocenters. The van der Waals surface area contributed by atoms with Gasteiger partial charge in [-0.2, -0.15) is 0 Å². The van der Waals surface area contributed by atoms with E-state index in [1.54, 1.807) is 0 Å². The molecule has 2 unspecified atom stereocenters. The van der Waals surface area contributed by atoms with Gasteiger partial charge in [0.25, 0.3) is 6.71 Å². The maximum absolute atomic E-state index is 2.74. The van der Waals surface area contributed by atoms with E-state index in [-0.39, 0.29) is 33.9 Å². The number of rotatable bonds is 4. The lowest BCUT2D eigenvalue weighted by Gasteiger charge is -2.56. The normalized spacial score (nSPS) is 21.8. The molecule has 3 nitrogen and oxygen atoms in total. The van der Waals surface area contributed by atoms with Gasteiger partial charge in [0.2, 0.25) is 0 Å². The van der Waals surface area contributed by atoms with Crippen LogP contribution in [0, 0.1) is 0 Å². The second-order valence-corrected chi connectivity index (χ2v) is 22.4. The van der Waals surface area contributed by atoms with Gasteiger partial charge in [-0.1, -0.05) is 152 Å². The average Bonchev–Trinajstić information content (AvgIpc) is 3.42. The predicted octanol–water partition coefficient (Wildman–Crippen LogP) is 14.0. The van der Waals surface area contributed by atoms with Crippen LogP contribution >= 0.6 is 0 Å². The summed E-state index contributed by atoms with van der Waals surface area (Å²) in [5.74, 6) is 0. The molecular weight excluding hydrogens is 773 g/mol. The topological polar surface area (TPSA) is 9.72 Å². The average molecular weight is 834 g/mol. The number of anilines is 8. The van der Waals surface area contributed by atoms with Crippen LogP contribution in [-0.4, -0.2) is 12.3 Å². The van der Waals surface area contributed by atoms with Crippen LogP contribution in [0.1, 0.15) is 110 Å². The van der Waals surface area contributed by atoms with E-state index in [1.807, 2.05) is 0 Å². The highest BCUT2D eigenvalue weighted by atomic mass is 15.3. The van der Waals surface area contributed by atoms with E-state index in [0.717, 1.165) is 12.8 Å². The Balaban J connectivity index is 1.24. The minimum atomic E-state index is -0.0587. The van der Waals surface area contributed by atoms with Crippen LogP contribution in [0.15, 0.2) is 152 Å². The van der Waals surface area contributed by atoms with Crippen molar-refractivity contribution in [3.63, 3.8) is 0 Å². The van der Waals surface area contributed by atoms with E-state index in [4.69, 9.17) is 0 Å². The van der Waals surface area contributed by atoms with Gasteiger partial charge in [0.05, 0.1) is 11.2 Å². The Morgan fingerprint density at radius 1 is 0.453 bits per heavy atom. The van der Waals surface area contributed by atoms with Crippen LogP contribution in [0.4, 0.5) is 45.5 Å². The first-order chi connectivity index (χ1) is 30.6. The molecule has 7 aromatic rings. The summed E-state index contributed by atoms with van der Waals surface area (Å²) in [5.41, 5.74) is 22.6. The van der Waals surface area contributed by atoms with Crippen molar-refractivity contribution in [2.24, 2.45) is 0 Å². The summed E-state index contributed by atoms with van der Waals surface area (Å²) in [5, 5.41) is 0. The molecule has 4 heteroatoms. The molecule has 0 spiro atoms. The summed E-state index contributed by atoms with van der Waals surface area (Å²) in [7, 11) is 0. The van der Waals surface area contributed by atoms with Crippen LogP contribution in [0.25, 0.3) is 11.1 Å². The highest BCUT2D eigenvalue weighted by Crippen LogP contribution is 2.65. The quantitative estimate of drug-likeness (QED) is 0.164. The second kappa shape index (κ2) is 13.3. The molecule has 3 aliphatic heterocycles. The Kier molecular flexibility index (Phi) is 8.22. The first kappa shape index (κ1) is 39.6. The van der Waals surface area contributed by atoms with Crippen LogP contribution in [0.3, 0.4) is 0 Å². The van der Waals surface area contributed by atoms with E-state index < -0.39 is 0 Å². The molecule has 0 aromatic heterocycles. The van der Waals surface area contributed by atoms with Gasteiger partial charge >= 0.3 is 0 Å². The molecule has 1 fully saturated rings. The van der Waals surface area contributed by atoms with Gasteiger partial charge in [0.1, 0.15) is 0 Å². The molecule has 318 valence electrons. The maximum Gasteiger partial charge on any atom is 0.252 e. The summed E-state index contributed by atoms with van der Waals surface area (Å²) in [6.07, 6.45) is 4.67. The van der Waals surface area contributed by atoms with Gasteiger partial charge in [0, 0.05) is 50.8 Å². The van der Waals surface area contributed by atoms with E-state index in [1.165, 1.54) is 108 Å². The number of para-hydroxylation sites is 3. The Morgan fingerprint density at radius 3 is 1.73 bits per heavy atom. The number of benzene rings is 7. The first-order valence-electron chi connectivity index (χ1n) is 23.8. The largest absolute Gasteiger partial charge is 0.334 e. The standard InChI is InChI=1S/C60H60BN3/c1-56(2,3)40-28-29-49(43(34-40)39-20-12-10-13-21-39)63-52-38-46-45(57(4,5)30-31-58(46,6)7)37-48(52)61-47-25-17-19-27-51(47)62(41-22-14-11-15-23-41)53-35-42(36-54(63)55(53)61)64-50-26-18-16-24-44(50)59(8)32-33-60(59,64)9/h10-29,34-38H,30-33H2,1-9H3. The van der Waals surface area contributed by atoms with Gasteiger partial charge in [-0.3, -0.25) is 0 Å². The molecule has 3 heterocycles. The molecule has 5 aliphatic rings. The Hall–Kier alpha value is -6.00. The molecule has 12 rings (SSSR count). The van der Waals surface area contributed by atoms with Gasteiger partial charge < -0.3 is 14.7 Å². The van der Waals surface area contributed by atoms with Gasteiger partial charge in [-0.05, 0) is 148 Å². The Bertz CT molecular complexity index is 3050.